The number of aliphatic hydroxyl groups is 1. The Labute approximate surface area is 228 Å². The highest BCUT2D eigenvalue weighted by Crippen LogP contribution is 2.51. The maximum atomic E-state index is 12.3. The molecule has 0 aromatic heterocycles. The van der Waals surface area contributed by atoms with E-state index in [0.717, 1.165) is 48.9 Å². The summed E-state index contributed by atoms with van der Waals surface area (Å²) in [6.45, 7) is 18.8. The quantitative estimate of drug-likeness (QED) is 0.274. The fraction of sp³-hybridized carbons (Fsp3) is 0.452. The molecule has 1 atom stereocenters. The van der Waals surface area contributed by atoms with Crippen LogP contribution in [0, 0.1) is 19.8 Å². The topological polar surface area (TPSA) is 55.8 Å². The van der Waals surface area contributed by atoms with Crippen LogP contribution in [0.2, 0.25) is 5.02 Å². The van der Waals surface area contributed by atoms with Gasteiger partial charge >= 0.3 is 0 Å². The second kappa shape index (κ2) is 13.1. The molecule has 2 aromatic rings. The maximum Gasteiger partial charge on any atom is 0.134 e. The van der Waals surface area contributed by atoms with Crippen LogP contribution in [0.5, 0.6) is 0 Å². The monoisotopic (exact) mass is 523 g/mol. The van der Waals surface area contributed by atoms with Crippen LogP contribution < -0.4 is 15.1 Å². The van der Waals surface area contributed by atoms with Gasteiger partial charge in [-0.1, -0.05) is 29.8 Å². The van der Waals surface area contributed by atoms with Crippen molar-refractivity contribution in [2.24, 2.45) is 0 Å². The Morgan fingerprint density at radius 3 is 2.35 bits per heavy atom. The van der Waals surface area contributed by atoms with Crippen LogP contribution in [0.3, 0.4) is 0 Å². The Balaban J connectivity index is 0.000000617. The van der Waals surface area contributed by atoms with E-state index in [2.05, 4.69) is 60.5 Å². The summed E-state index contributed by atoms with van der Waals surface area (Å²) in [5.41, 5.74) is 8.25. The molecule has 0 bridgehead atoms. The summed E-state index contributed by atoms with van der Waals surface area (Å²) in [6.07, 6.45) is 11.3. The lowest BCUT2D eigenvalue weighted by atomic mass is 9.85. The number of terminal acetylenes is 1. The summed E-state index contributed by atoms with van der Waals surface area (Å²) in [4.78, 5) is 17.3. The first-order valence-electron chi connectivity index (χ1n) is 12.7. The van der Waals surface area contributed by atoms with E-state index in [0.29, 0.717) is 12.5 Å². The van der Waals surface area contributed by atoms with Gasteiger partial charge in [-0.3, -0.25) is 10.1 Å². The standard InChI is InChI=1S/C25H30ClN3O.C4H10O.C2H2/c1-5-10-27-15-28-11-12-29-16(2)13-22-23(19-6-8-20(26)9-7-19)21(14-17(3)30)18(4)24(28)25(22)29;1-4(2,3)5;1-2/h5-9,16,27H,1,10-15H2,2-4H3;5H,1-3H3;1-2H. The Hall–Kier alpha value is -2.78. The van der Waals surface area contributed by atoms with Crippen molar-refractivity contribution >= 4 is 28.8 Å². The number of rotatable bonds is 7. The van der Waals surface area contributed by atoms with Crippen molar-refractivity contribution in [1.82, 2.24) is 5.32 Å². The first-order chi connectivity index (χ1) is 17.4. The van der Waals surface area contributed by atoms with Crippen molar-refractivity contribution in [3.63, 3.8) is 0 Å². The molecule has 2 aromatic carbocycles. The Morgan fingerprint density at radius 1 is 1.22 bits per heavy atom. The summed E-state index contributed by atoms with van der Waals surface area (Å²) in [5, 5.41) is 12.7. The third kappa shape index (κ3) is 7.61. The number of hydrogen-bond donors (Lipinski definition) is 2. The zero-order chi connectivity index (χ0) is 27.9. The number of carbonyl (C=O) groups excluding carboxylic acids is 1. The number of benzene rings is 2. The Morgan fingerprint density at radius 2 is 1.81 bits per heavy atom. The predicted molar refractivity (Wildman–Crippen MR) is 159 cm³/mol. The first kappa shape index (κ1) is 30.4. The molecular weight excluding hydrogens is 482 g/mol. The van der Waals surface area contributed by atoms with Gasteiger partial charge in [0, 0.05) is 37.1 Å². The second-order valence-electron chi connectivity index (χ2n) is 10.6. The molecule has 2 aliphatic rings. The van der Waals surface area contributed by atoms with Crippen molar-refractivity contribution in [2.75, 3.05) is 36.1 Å². The highest BCUT2D eigenvalue weighted by molar-refractivity contribution is 6.30. The van der Waals surface area contributed by atoms with Crippen molar-refractivity contribution < 1.29 is 9.90 Å². The minimum atomic E-state index is -0.500. The molecular formula is C31H42ClN3O2. The van der Waals surface area contributed by atoms with Crippen LogP contribution in [-0.4, -0.2) is 48.8 Å². The fourth-order valence-corrected chi connectivity index (χ4v) is 5.17. The molecule has 4 rings (SSSR count). The molecule has 37 heavy (non-hydrogen) atoms. The predicted octanol–water partition coefficient (Wildman–Crippen LogP) is 5.78. The van der Waals surface area contributed by atoms with Crippen LogP contribution in [-0.2, 0) is 17.6 Å². The summed E-state index contributed by atoms with van der Waals surface area (Å²) in [7, 11) is 0. The average Bonchev–Trinajstić information content (AvgIpc) is 3.15. The zero-order valence-corrected chi connectivity index (χ0v) is 24.0. The average molecular weight is 524 g/mol. The van der Waals surface area contributed by atoms with Gasteiger partial charge in [-0.15, -0.1) is 19.4 Å². The van der Waals surface area contributed by atoms with Gasteiger partial charge in [0.05, 0.1) is 23.6 Å². The van der Waals surface area contributed by atoms with Crippen LogP contribution in [0.1, 0.15) is 51.3 Å². The van der Waals surface area contributed by atoms with Gasteiger partial charge in [-0.2, -0.15) is 0 Å². The molecule has 1 unspecified atom stereocenters. The van der Waals surface area contributed by atoms with Gasteiger partial charge in [0.1, 0.15) is 5.78 Å². The van der Waals surface area contributed by atoms with Crippen molar-refractivity contribution in [3.05, 3.63) is 58.6 Å². The number of halogens is 1. The van der Waals surface area contributed by atoms with E-state index in [1.807, 2.05) is 18.2 Å². The molecule has 2 heterocycles. The summed E-state index contributed by atoms with van der Waals surface area (Å²) >= 11 is 6.17. The maximum absolute atomic E-state index is 12.3. The number of Topliss-reactive ketones (excluding diaryl/α,β-unsaturated/α-hetero) is 1. The number of carbonyl (C=O) groups is 1. The van der Waals surface area contributed by atoms with E-state index in [1.165, 1.54) is 28.1 Å². The van der Waals surface area contributed by atoms with Crippen LogP contribution in [0.4, 0.5) is 11.4 Å². The van der Waals surface area contributed by atoms with Gasteiger partial charge < -0.3 is 14.9 Å². The van der Waals surface area contributed by atoms with Gasteiger partial charge in [-0.05, 0) is 87.9 Å². The lowest BCUT2D eigenvalue weighted by molar-refractivity contribution is -0.116. The van der Waals surface area contributed by atoms with Gasteiger partial charge in [0.2, 0.25) is 0 Å². The van der Waals surface area contributed by atoms with E-state index < -0.39 is 5.60 Å². The molecule has 0 amide bonds. The van der Waals surface area contributed by atoms with Gasteiger partial charge in [-0.25, -0.2) is 0 Å². The number of hydrogen-bond acceptors (Lipinski definition) is 5. The molecule has 5 nitrogen and oxygen atoms in total. The van der Waals surface area contributed by atoms with E-state index in [1.54, 1.807) is 27.7 Å². The smallest absolute Gasteiger partial charge is 0.134 e. The zero-order valence-electron chi connectivity index (χ0n) is 23.2. The molecule has 2 aliphatic heterocycles. The summed E-state index contributed by atoms with van der Waals surface area (Å²) < 4.78 is 0. The lowest BCUT2D eigenvalue weighted by Gasteiger charge is -2.40. The van der Waals surface area contributed by atoms with E-state index in [-0.39, 0.29) is 5.78 Å². The second-order valence-corrected chi connectivity index (χ2v) is 11.1. The SMILES string of the molecule is C#C.C=CCNCN1CCN2c3c(c(-c4ccc(Cl)cc4)c(CC(C)=O)c(C)c31)CC2C.CC(C)(C)O. The Bertz CT molecular complexity index is 1110. The normalized spacial score (nSPS) is 15.7. The molecule has 0 radical (unpaired) electrons. The third-order valence-electron chi connectivity index (χ3n) is 6.32. The van der Waals surface area contributed by atoms with Gasteiger partial charge in [0.25, 0.3) is 0 Å². The molecule has 200 valence electrons. The van der Waals surface area contributed by atoms with Crippen LogP contribution >= 0.6 is 11.6 Å². The van der Waals surface area contributed by atoms with E-state index >= 15 is 0 Å². The largest absolute Gasteiger partial charge is 0.391 e. The minimum absolute atomic E-state index is 0.190. The highest BCUT2D eigenvalue weighted by atomic mass is 35.5. The summed E-state index contributed by atoms with van der Waals surface area (Å²) in [5.74, 6) is 0.190. The van der Waals surface area contributed by atoms with Crippen LogP contribution in [0.15, 0.2) is 36.9 Å². The number of ketones is 1. The van der Waals surface area contributed by atoms with Gasteiger partial charge in [0.15, 0.2) is 0 Å². The third-order valence-corrected chi connectivity index (χ3v) is 6.57. The summed E-state index contributed by atoms with van der Waals surface area (Å²) in [6, 6.07) is 8.52. The molecule has 0 saturated carbocycles. The van der Waals surface area contributed by atoms with E-state index in [4.69, 9.17) is 16.7 Å². The van der Waals surface area contributed by atoms with Crippen LogP contribution in [0.25, 0.3) is 11.1 Å². The minimum Gasteiger partial charge on any atom is -0.391 e. The lowest BCUT2D eigenvalue weighted by Crippen LogP contribution is -2.46. The molecule has 6 heteroatoms. The highest BCUT2D eigenvalue weighted by Gasteiger charge is 2.38. The number of nitrogens with one attached hydrogen (secondary N) is 1. The first-order valence-corrected chi connectivity index (χ1v) is 13.1. The van der Waals surface area contributed by atoms with Crippen molar-refractivity contribution in [3.8, 4) is 24.0 Å². The van der Waals surface area contributed by atoms with E-state index in [9.17, 15) is 4.79 Å². The molecule has 0 fully saturated rings. The fourth-order valence-electron chi connectivity index (χ4n) is 5.04. The Kier molecular flexibility index (Phi) is 10.8. The molecule has 0 saturated heterocycles. The number of anilines is 2. The van der Waals surface area contributed by atoms with Crippen molar-refractivity contribution in [2.45, 2.75) is 66.0 Å². The molecule has 2 N–H and O–H groups in total. The van der Waals surface area contributed by atoms with Crippen molar-refractivity contribution in [1.29, 1.82) is 0 Å². The number of nitrogens with zero attached hydrogens (tertiary/aromatic N) is 2. The molecule has 0 aliphatic carbocycles. The molecule has 0 spiro atoms.